The summed E-state index contributed by atoms with van der Waals surface area (Å²) in [5, 5.41) is 0. The summed E-state index contributed by atoms with van der Waals surface area (Å²) in [6, 6.07) is 10.7. The van der Waals surface area contributed by atoms with Crippen molar-refractivity contribution in [2.45, 2.75) is 0 Å². The van der Waals surface area contributed by atoms with Gasteiger partial charge in [-0.25, -0.2) is 13.2 Å². The number of amidine groups is 1. The molecule has 0 saturated carbocycles. The molecule has 0 aliphatic carbocycles. The van der Waals surface area contributed by atoms with E-state index in [2.05, 4.69) is 10.5 Å². The zero-order valence-corrected chi connectivity index (χ0v) is 13.1. The second-order valence-corrected chi connectivity index (χ2v) is 4.84. The number of hydrogen-bond donors (Lipinski definition) is 0. The number of benzene rings is 2. The van der Waals surface area contributed by atoms with Crippen LogP contribution in [0.5, 0.6) is 0 Å². The SMILES string of the molecule is Fc1cc(F)c2c(c1)C1=NS[CH-]N1c1[c-]cccc1-2.[Ir]. The van der Waals surface area contributed by atoms with Crippen LogP contribution in [-0.4, -0.2) is 5.84 Å². The molecule has 0 bridgehead atoms. The first-order valence-corrected chi connectivity index (χ1v) is 6.46. The fourth-order valence-electron chi connectivity index (χ4n) is 2.40. The third-order valence-electron chi connectivity index (χ3n) is 3.16. The maximum Gasteiger partial charge on any atom is 0.126 e. The molecular weight excluding hydrogens is 458 g/mol. The monoisotopic (exact) mass is 465 g/mol. The topological polar surface area (TPSA) is 15.6 Å². The molecule has 2 aliphatic rings. The van der Waals surface area contributed by atoms with Gasteiger partial charge in [-0.2, -0.15) is 42.1 Å². The molecule has 0 N–H and O–H groups in total. The van der Waals surface area contributed by atoms with Gasteiger partial charge < -0.3 is 4.90 Å². The summed E-state index contributed by atoms with van der Waals surface area (Å²) in [6.07, 6.45) is 0. The van der Waals surface area contributed by atoms with E-state index in [0.717, 1.165) is 11.8 Å². The van der Waals surface area contributed by atoms with E-state index in [1.54, 1.807) is 29.0 Å². The molecule has 0 unspecified atom stereocenters. The van der Waals surface area contributed by atoms with Crippen LogP contribution in [0.25, 0.3) is 11.1 Å². The van der Waals surface area contributed by atoms with Gasteiger partial charge in [-0.05, 0) is 11.6 Å². The molecule has 0 atom stereocenters. The van der Waals surface area contributed by atoms with Crippen molar-refractivity contribution in [3.8, 4) is 11.1 Å². The van der Waals surface area contributed by atoms with Crippen LogP contribution in [0, 0.1) is 23.6 Å². The van der Waals surface area contributed by atoms with Gasteiger partial charge in [0.05, 0.1) is 0 Å². The van der Waals surface area contributed by atoms with Crippen molar-refractivity contribution in [2.24, 2.45) is 4.40 Å². The number of para-hydroxylation sites is 1. The van der Waals surface area contributed by atoms with Gasteiger partial charge >= 0.3 is 0 Å². The molecule has 2 aliphatic heterocycles. The van der Waals surface area contributed by atoms with E-state index in [1.807, 2.05) is 0 Å². The van der Waals surface area contributed by atoms with Gasteiger partial charge in [-0.1, -0.05) is 5.69 Å². The number of fused-ring (bicyclic) bond motifs is 6. The largest absolute Gasteiger partial charge is 0.486 e. The van der Waals surface area contributed by atoms with Crippen molar-refractivity contribution in [1.82, 2.24) is 0 Å². The molecule has 2 heterocycles. The Morgan fingerprint density at radius 3 is 2.95 bits per heavy atom. The van der Waals surface area contributed by atoms with Gasteiger partial charge in [-0.15, -0.1) is 5.56 Å². The van der Waals surface area contributed by atoms with Crippen LogP contribution in [0.15, 0.2) is 34.7 Å². The van der Waals surface area contributed by atoms with E-state index in [9.17, 15) is 8.78 Å². The van der Waals surface area contributed by atoms with Crippen LogP contribution in [0.3, 0.4) is 0 Å². The number of anilines is 1. The van der Waals surface area contributed by atoms with Gasteiger partial charge in [0.25, 0.3) is 0 Å². The number of halogens is 2. The van der Waals surface area contributed by atoms with Crippen molar-refractivity contribution in [3.63, 3.8) is 0 Å². The summed E-state index contributed by atoms with van der Waals surface area (Å²) in [4.78, 5) is 1.81. The minimum atomic E-state index is -0.598. The number of rotatable bonds is 0. The molecule has 0 aromatic heterocycles. The molecule has 2 nitrogen and oxygen atoms in total. The van der Waals surface area contributed by atoms with Crippen molar-refractivity contribution in [1.29, 1.82) is 0 Å². The van der Waals surface area contributed by atoms with Gasteiger partial charge in [0.15, 0.2) is 0 Å². The molecule has 103 valence electrons. The fraction of sp³-hybridized carbons (Fsp3) is 0. The minimum absolute atomic E-state index is 0. The molecule has 2 aromatic rings. The van der Waals surface area contributed by atoms with E-state index < -0.39 is 11.6 Å². The molecule has 0 spiro atoms. The summed E-state index contributed by atoms with van der Waals surface area (Å²) < 4.78 is 31.8. The van der Waals surface area contributed by atoms with E-state index in [4.69, 9.17) is 0 Å². The predicted octanol–water partition coefficient (Wildman–Crippen LogP) is 3.78. The fourth-order valence-corrected chi connectivity index (χ4v) is 3.04. The maximum absolute atomic E-state index is 14.1. The Hall–Kier alpha value is -1.23. The quantitative estimate of drug-likeness (QED) is 0.436. The normalized spacial score (nSPS) is 14.9. The molecule has 20 heavy (non-hydrogen) atoms. The minimum Gasteiger partial charge on any atom is -0.486 e. The van der Waals surface area contributed by atoms with E-state index in [0.29, 0.717) is 22.5 Å². The Bertz CT molecular complexity index is 733. The number of hydrogen-bond acceptors (Lipinski definition) is 3. The average Bonchev–Trinajstić information content (AvgIpc) is 2.87. The van der Waals surface area contributed by atoms with Crippen molar-refractivity contribution in [3.05, 3.63) is 59.5 Å². The zero-order chi connectivity index (χ0) is 13.0. The van der Waals surface area contributed by atoms with Crippen LogP contribution in [-0.2, 0) is 20.1 Å². The Kier molecular flexibility index (Phi) is 3.40. The smallest absolute Gasteiger partial charge is 0.126 e. The molecule has 2 aromatic carbocycles. The Morgan fingerprint density at radius 1 is 1.25 bits per heavy atom. The van der Waals surface area contributed by atoms with Gasteiger partial charge in [0.2, 0.25) is 0 Å². The third kappa shape index (κ3) is 1.83. The van der Waals surface area contributed by atoms with E-state index >= 15 is 0 Å². The molecule has 0 amide bonds. The second-order valence-electron chi connectivity index (χ2n) is 4.24. The first-order valence-electron chi connectivity index (χ1n) is 5.62. The second kappa shape index (κ2) is 4.95. The maximum atomic E-state index is 14.1. The Morgan fingerprint density at radius 2 is 2.10 bits per heavy atom. The Labute approximate surface area is 132 Å². The third-order valence-corrected chi connectivity index (χ3v) is 3.74. The molecule has 0 fully saturated rings. The summed E-state index contributed by atoms with van der Waals surface area (Å²) in [7, 11) is 0. The summed E-state index contributed by atoms with van der Waals surface area (Å²) >= 11 is 1.24. The molecule has 0 saturated heterocycles. The average molecular weight is 464 g/mol. The molecule has 4 rings (SSSR count). The van der Waals surface area contributed by atoms with Crippen LogP contribution < -0.4 is 4.90 Å². The summed E-state index contributed by atoms with van der Waals surface area (Å²) in [6.45, 7) is 0. The predicted molar refractivity (Wildman–Crippen MR) is 71.5 cm³/mol. The Balaban J connectivity index is 0.00000121. The van der Waals surface area contributed by atoms with E-state index in [-0.39, 0.29) is 20.1 Å². The van der Waals surface area contributed by atoms with E-state index in [1.165, 1.54) is 18.0 Å². The van der Waals surface area contributed by atoms with Crippen molar-refractivity contribution in [2.75, 3.05) is 4.90 Å². The summed E-state index contributed by atoms with van der Waals surface area (Å²) in [5.41, 5.74) is 2.31. The van der Waals surface area contributed by atoms with Crippen LogP contribution in [0.4, 0.5) is 14.5 Å². The van der Waals surface area contributed by atoms with Crippen LogP contribution in [0.1, 0.15) is 5.56 Å². The summed E-state index contributed by atoms with van der Waals surface area (Å²) in [5.74, 6) is 1.18. The molecular formula is C14H6F2IrN2S-2. The standard InChI is InChI=1S/C14H6F2N2S.Ir/c15-8-5-10-13(11(16)6-8)9-3-1-2-4-12(9)18-7-19-17-14(10)18;/h1-3,5-7H;/q-2;. The van der Waals surface area contributed by atoms with Crippen LogP contribution in [0.2, 0.25) is 0 Å². The van der Waals surface area contributed by atoms with Crippen molar-refractivity contribution >= 4 is 23.5 Å². The van der Waals surface area contributed by atoms with Crippen molar-refractivity contribution < 1.29 is 28.9 Å². The number of nitrogens with zero attached hydrogens (tertiary/aromatic N) is 2. The molecule has 1 radical (unpaired) electrons. The van der Waals surface area contributed by atoms with Gasteiger partial charge in [0, 0.05) is 31.7 Å². The van der Waals surface area contributed by atoms with Crippen LogP contribution >= 0.6 is 11.9 Å². The van der Waals surface area contributed by atoms with Gasteiger partial charge in [0.1, 0.15) is 17.5 Å². The van der Waals surface area contributed by atoms with Gasteiger partial charge in [-0.3, -0.25) is 0 Å². The zero-order valence-electron chi connectivity index (χ0n) is 9.86. The first-order chi connectivity index (χ1) is 9.25. The first kappa shape index (κ1) is 13.7. The molecule has 6 heteroatoms.